The number of benzene rings is 1. The molecule has 0 atom stereocenters. The first kappa shape index (κ1) is 22.8. The molecule has 4 rings (SSSR count). The second-order valence-electron chi connectivity index (χ2n) is 8.26. The number of anilines is 1. The van der Waals surface area contributed by atoms with Crippen LogP contribution < -0.4 is 15.5 Å². The molecule has 2 fully saturated rings. The van der Waals surface area contributed by atoms with Crippen molar-refractivity contribution in [2.45, 2.75) is 44.1 Å². The van der Waals surface area contributed by atoms with Gasteiger partial charge in [-0.1, -0.05) is 18.2 Å². The molecule has 2 heterocycles. The first-order valence-electron chi connectivity index (χ1n) is 10.5. The van der Waals surface area contributed by atoms with Crippen molar-refractivity contribution >= 4 is 35.8 Å². The van der Waals surface area contributed by atoms with E-state index >= 15 is 0 Å². The van der Waals surface area contributed by atoms with Crippen LogP contribution in [0.2, 0.25) is 0 Å². The van der Waals surface area contributed by atoms with E-state index < -0.39 is 0 Å². The summed E-state index contributed by atoms with van der Waals surface area (Å²) in [4.78, 5) is 11.4. The molecular weight excluding hydrogens is 492 g/mol. The van der Waals surface area contributed by atoms with Crippen LogP contribution in [0.5, 0.6) is 0 Å². The van der Waals surface area contributed by atoms with Gasteiger partial charge in [-0.3, -0.25) is 4.99 Å². The maximum absolute atomic E-state index is 13.6. The molecule has 1 saturated carbocycles. The van der Waals surface area contributed by atoms with Crippen LogP contribution in [0.25, 0.3) is 0 Å². The molecule has 5 nitrogen and oxygen atoms in total. The van der Waals surface area contributed by atoms with Crippen LogP contribution in [0.1, 0.15) is 36.9 Å². The largest absolute Gasteiger partial charge is 0.356 e. The average Bonchev–Trinajstić information content (AvgIpc) is 3.53. The SMILES string of the molecule is CN=C(NCC1(c2cccc(F)c2)CC1)NC1CCN(c2cccc(C)n2)CC1.I. The van der Waals surface area contributed by atoms with Crippen LogP contribution in [-0.2, 0) is 5.41 Å². The highest BCUT2D eigenvalue weighted by Crippen LogP contribution is 2.47. The maximum Gasteiger partial charge on any atom is 0.191 e. The summed E-state index contributed by atoms with van der Waals surface area (Å²) in [6.07, 6.45) is 4.27. The molecule has 2 N–H and O–H groups in total. The van der Waals surface area contributed by atoms with E-state index in [0.29, 0.717) is 6.04 Å². The van der Waals surface area contributed by atoms with Gasteiger partial charge in [-0.15, -0.1) is 24.0 Å². The molecular formula is C23H31FIN5. The van der Waals surface area contributed by atoms with Gasteiger partial charge in [0.2, 0.25) is 0 Å². The van der Waals surface area contributed by atoms with E-state index in [9.17, 15) is 4.39 Å². The molecule has 1 aromatic heterocycles. The number of aryl methyl sites for hydroxylation is 1. The second-order valence-corrected chi connectivity index (χ2v) is 8.26. The Morgan fingerprint density at radius 3 is 2.57 bits per heavy atom. The number of pyridine rings is 1. The number of hydrogen-bond acceptors (Lipinski definition) is 3. The normalized spacial score (nSPS) is 18.5. The van der Waals surface area contributed by atoms with Crippen molar-refractivity contribution in [2.75, 3.05) is 31.6 Å². The summed E-state index contributed by atoms with van der Waals surface area (Å²) < 4.78 is 13.6. The van der Waals surface area contributed by atoms with Crippen LogP contribution in [-0.4, -0.2) is 43.7 Å². The van der Waals surface area contributed by atoms with Gasteiger partial charge in [-0.05, 0) is 62.4 Å². The van der Waals surface area contributed by atoms with Gasteiger partial charge >= 0.3 is 0 Å². The quantitative estimate of drug-likeness (QED) is 0.354. The molecule has 1 aliphatic carbocycles. The molecule has 1 aliphatic heterocycles. The summed E-state index contributed by atoms with van der Waals surface area (Å²) in [5, 5.41) is 7.05. The molecule has 0 spiro atoms. The molecule has 2 aliphatic rings. The van der Waals surface area contributed by atoms with Crippen molar-refractivity contribution in [3.05, 3.63) is 59.5 Å². The van der Waals surface area contributed by atoms with Gasteiger partial charge in [0, 0.05) is 43.8 Å². The summed E-state index contributed by atoms with van der Waals surface area (Å²) in [6, 6.07) is 13.6. The fourth-order valence-electron chi connectivity index (χ4n) is 4.14. The third-order valence-electron chi connectivity index (χ3n) is 6.14. The van der Waals surface area contributed by atoms with Gasteiger partial charge in [0.05, 0.1) is 0 Å². The predicted molar refractivity (Wildman–Crippen MR) is 131 cm³/mol. The third-order valence-corrected chi connectivity index (χ3v) is 6.14. The van der Waals surface area contributed by atoms with Gasteiger partial charge in [0.25, 0.3) is 0 Å². The van der Waals surface area contributed by atoms with Crippen LogP contribution in [0.4, 0.5) is 10.2 Å². The monoisotopic (exact) mass is 523 g/mol. The summed E-state index contributed by atoms with van der Waals surface area (Å²) in [5.41, 5.74) is 2.18. The van der Waals surface area contributed by atoms with E-state index in [1.807, 2.05) is 26.1 Å². The number of nitrogens with one attached hydrogen (secondary N) is 2. The molecule has 1 aromatic carbocycles. The summed E-state index contributed by atoms with van der Waals surface area (Å²) >= 11 is 0. The lowest BCUT2D eigenvalue weighted by Gasteiger charge is -2.34. The van der Waals surface area contributed by atoms with E-state index in [1.165, 1.54) is 6.07 Å². The molecule has 0 amide bonds. The Labute approximate surface area is 195 Å². The Kier molecular flexibility index (Phi) is 7.55. The molecule has 162 valence electrons. The molecule has 30 heavy (non-hydrogen) atoms. The van der Waals surface area contributed by atoms with Crippen molar-refractivity contribution in [1.29, 1.82) is 0 Å². The Morgan fingerprint density at radius 1 is 1.20 bits per heavy atom. The van der Waals surface area contributed by atoms with Gasteiger partial charge in [-0.2, -0.15) is 0 Å². The minimum atomic E-state index is -0.161. The van der Waals surface area contributed by atoms with Gasteiger partial charge in [0.15, 0.2) is 5.96 Å². The first-order valence-corrected chi connectivity index (χ1v) is 10.5. The minimum Gasteiger partial charge on any atom is -0.356 e. The Morgan fingerprint density at radius 2 is 1.93 bits per heavy atom. The standard InChI is InChI=1S/C23H30FN5.HI/c1-17-5-3-8-21(27-17)29-13-9-20(10-14-29)28-22(25-2)26-16-23(11-12-23)18-6-4-7-19(24)15-18;/h3-8,15,20H,9-14,16H2,1-2H3,(H2,25,26,28);1H. The fraction of sp³-hybridized carbons (Fsp3) is 0.478. The molecule has 0 bridgehead atoms. The zero-order chi connectivity index (χ0) is 20.3. The molecule has 1 saturated heterocycles. The zero-order valence-corrected chi connectivity index (χ0v) is 20.0. The van der Waals surface area contributed by atoms with Crippen molar-refractivity contribution < 1.29 is 4.39 Å². The van der Waals surface area contributed by atoms with Crippen LogP contribution >= 0.6 is 24.0 Å². The fourth-order valence-corrected chi connectivity index (χ4v) is 4.14. The summed E-state index contributed by atoms with van der Waals surface area (Å²) in [6.45, 7) is 4.78. The number of aromatic nitrogens is 1. The zero-order valence-electron chi connectivity index (χ0n) is 17.7. The van der Waals surface area contributed by atoms with Crippen molar-refractivity contribution in [3.63, 3.8) is 0 Å². The van der Waals surface area contributed by atoms with E-state index in [1.54, 1.807) is 12.1 Å². The average molecular weight is 523 g/mol. The third kappa shape index (κ3) is 5.42. The second kappa shape index (κ2) is 9.94. The Bertz CT molecular complexity index is 875. The minimum absolute atomic E-state index is 0. The lowest BCUT2D eigenvalue weighted by molar-refractivity contribution is 0.458. The Balaban J connectivity index is 0.00000256. The highest BCUT2D eigenvalue weighted by atomic mass is 127. The van der Waals surface area contributed by atoms with Crippen LogP contribution in [0.3, 0.4) is 0 Å². The first-order chi connectivity index (χ1) is 14.1. The van der Waals surface area contributed by atoms with E-state index in [0.717, 1.165) is 68.4 Å². The van der Waals surface area contributed by atoms with Gasteiger partial charge < -0.3 is 15.5 Å². The summed E-state index contributed by atoms with van der Waals surface area (Å²) in [5.74, 6) is 1.74. The molecule has 0 unspecified atom stereocenters. The molecule has 2 aromatic rings. The number of aliphatic imine (C=N–C) groups is 1. The predicted octanol–water partition coefficient (Wildman–Crippen LogP) is 4.01. The van der Waals surface area contributed by atoms with Crippen molar-refractivity contribution in [2.24, 2.45) is 4.99 Å². The number of rotatable bonds is 5. The van der Waals surface area contributed by atoms with Crippen molar-refractivity contribution in [3.8, 4) is 0 Å². The van der Waals surface area contributed by atoms with Crippen LogP contribution in [0.15, 0.2) is 47.5 Å². The lowest BCUT2D eigenvalue weighted by Crippen LogP contribution is -2.50. The smallest absolute Gasteiger partial charge is 0.191 e. The highest BCUT2D eigenvalue weighted by molar-refractivity contribution is 14.0. The van der Waals surface area contributed by atoms with E-state index in [-0.39, 0.29) is 35.2 Å². The number of halogens is 2. The molecule has 7 heteroatoms. The highest BCUT2D eigenvalue weighted by Gasteiger charge is 2.44. The number of guanidine groups is 1. The lowest BCUT2D eigenvalue weighted by atomic mass is 9.96. The number of piperidine rings is 1. The van der Waals surface area contributed by atoms with Crippen LogP contribution in [0, 0.1) is 12.7 Å². The Hall–Kier alpha value is -1.90. The van der Waals surface area contributed by atoms with Crippen molar-refractivity contribution in [1.82, 2.24) is 15.6 Å². The molecule has 0 radical (unpaired) electrons. The number of hydrogen-bond donors (Lipinski definition) is 2. The summed E-state index contributed by atoms with van der Waals surface area (Å²) in [7, 11) is 1.81. The topological polar surface area (TPSA) is 52.6 Å². The maximum atomic E-state index is 13.6. The van der Waals surface area contributed by atoms with E-state index in [4.69, 9.17) is 0 Å². The number of nitrogens with zero attached hydrogens (tertiary/aromatic N) is 3. The van der Waals surface area contributed by atoms with Gasteiger partial charge in [0.1, 0.15) is 11.6 Å². The van der Waals surface area contributed by atoms with E-state index in [2.05, 4.69) is 37.6 Å². The van der Waals surface area contributed by atoms with Gasteiger partial charge in [-0.25, -0.2) is 9.37 Å².